The molecule has 30 heavy (non-hydrogen) atoms. The zero-order valence-corrected chi connectivity index (χ0v) is 16.4. The van der Waals surface area contributed by atoms with Gasteiger partial charge < -0.3 is 14.8 Å². The minimum absolute atomic E-state index is 0.0159. The molecule has 0 saturated heterocycles. The average Bonchev–Trinajstić information content (AvgIpc) is 3.42. The number of ether oxygens (including phenoxy) is 2. The quantitative estimate of drug-likeness (QED) is 0.567. The summed E-state index contributed by atoms with van der Waals surface area (Å²) in [6, 6.07) is 3.83. The lowest BCUT2D eigenvalue weighted by atomic mass is 10.2. The third kappa shape index (κ3) is 5.13. The Bertz CT molecular complexity index is 929. The maximum atomic E-state index is 13.1. The Morgan fingerprint density at radius 3 is 2.60 bits per heavy atom. The third-order valence-corrected chi connectivity index (χ3v) is 4.75. The maximum Gasteiger partial charge on any atom is 0.436 e. The van der Waals surface area contributed by atoms with Crippen LogP contribution in [0.3, 0.4) is 0 Å². The van der Waals surface area contributed by atoms with Crippen molar-refractivity contribution in [1.29, 1.82) is 0 Å². The highest BCUT2D eigenvalue weighted by Gasteiger charge is 2.42. The predicted molar refractivity (Wildman–Crippen MR) is 97.1 cm³/mol. The van der Waals surface area contributed by atoms with Crippen LogP contribution in [0.1, 0.15) is 36.6 Å². The topological polar surface area (TPSA) is 65.4 Å². The van der Waals surface area contributed by atoms with E-state index in [0.717, 1.165) is 4.68 Å². The highest BCUT2D eigenvalue weighted by atomic mass is 35.5. The number of benzene rings is 1. The molecule has 1 N–H and O–H groups in total. The molecule has 0 spiro atoms. The van der Waals surface area contributed by atoms with Crippen LogP contribution >= 0.6 is 11.6 Å². The van der Waals surface area contributed by atoms with Crippen molar-refractivity contribution in [2.75, 3.05) is 12.4 Å². The normalized spacial score (nSPS) is 14.1. The molecule has 2 aromatic rings. The van der Waals surface area contributed by atoms with Gasteiger partial charge in [-0.05, 0) is 25.0 Å². The fourth-order valence-electron chi connectivity index (χ4n) is 2.92. The van der Waals surface area contributed by atoms with Gasteiger partial charge in [-0.15, -0.1) is 0 Å². The Balaban J connectivity index is 1.68. The molecule has 1 fully saturated rings. The first-order valence-electron chi connectivity index (χ1n) is 8.86. The van der Waals surface area contributed by atoms with Crippen molar-refractivity contribution in [3.63, 3.8) is 0 Å². The average molecular weight is 454 g/mol. The van der Waals surface area contributed by atoms with Crippen LogP contribution in [0.5, 0.6) is 11.5 Å². The number of alkyl halides is 5. The Hall–Kier alpha value is -2.56. The molecule has 3 rings (SSSR count). The van der Waals surface area contributed by atoms with Gasteiger partial charge in [0, 0.05) is 24.1 Å². The summed E-state index contributed by atoms with van der Waals surface area (Å²) in [6.07, 6.45) is -3.44. The predicted octanol–water partition coefficient (Wildman–Crippen LogP) is 5.07. The zero-order chi connectivity index (χ0) is 22.1. The summed E-state index contributed by atoms with van der Waals surface area (Å²) in [5.74, 6) is -0.833. The monoisotopic (exact) mass is 453 g/mol. The number of carbonyl (C=O) groups is 1. The molecule has 0 aliphatic heterocycles. The van der Waals surface area contributed by atoms with E-state index in [0.29, 0.717) is 12.8 Å². The molecule has 1 aliphatic rings. The van der Waals surface area contributed by atoms with Gasteiger partial charge in [-0.3, -0.25) is 9.48 Å². The van der Waals surface area contributed by atoms with Gasteiger partial charge in [0.1, 0.15) is 0 Å². The molecular weight excluding hydrogens is 437 g/mol. The molecular formula is C18H17ClF5N3O3. The second-order valence-corrected chi connectivity index (χ2v) is 6.96. The fourth-order valence-corrected chi connectivity index (χ4v) is 3.32. The first-order valence-corrected chi connectivity index (χ1v) is 9.24. The van der Waals surface area contributed by atoms with Crippen LogP contribution in [-0.2, 0) is 17.5 Å². The van der Waals surface area contributed by atoms with Gasteiger partial charge in [-0.25, -0.2) is 0 Å². The maximum absolute atomic E-state index is 13.1. The Morgan fingerprint density at radius 2 is 2.03 bits per heavy atom. The number of hydrogen-bond acceptors (Lipinski definition) is 4. The van der Waals surface area contributed by atoms with Crippen LogP contribution in [0.2, 0.25) is 5.02 Å². The van der Waals surface area contributed by atoms with Crippen LogP contribution in [0.15, 0.2) is 18.2 Å². The number of anilines is 1. The van der Waals surface area contributed by atoms with Gasteiger partial charge in [0.15, 0.2) is 17.2 Å². The van der Waals surface area contributed by atoms with Crippen LogP contribution in [0, 0.1) is 0 Å². The van der Waals surface area contributed by atoms with E-state index < -0.39 is 29.4 Å². The summed E-state index contributed by atoms with van der Waals surface area (Å²) >= 11 is 5.90. The van der Waals surface area contributed by atoms with Gasteiger partial charge in [0.25, 0.3) is 0 Å². The van der Waals surface area contributed by atoms with E-state index in [9.17, 15) is 26.7 Å². The lowest BCUT2D eigenvalue weighted by Gasteiger charge is -2.12. The molecule has 1 amide bonds. The van der Waals surface area contributed by atoms with Crippen LogP contribution < -0.4 is 14.8 Å². The summed E-state index contributed by atoms with van der Waals surface area (Å²) in [6.45, 7) is -3.14. The minimum Gasteiger partial charge on any atom is -0.493 e. The van der Waals surface area contributed by atoms with Gasteiger partial charge >= 0.3 is 12.8 Å². The Labute approximate surface area is 172 Å². The number of halogens is 6. The molecule has 6 nitrogen and oxygen atoms in total. The zero-order valence-electron chi connectivity index (χ0n) is 15.6. The number of nitrogens with one attached hydrogen (secondary N) is 1. The first-order chi connectivity index (χ1) is 14.1. The van der Waals surface area contributed by atoms with Crippen molar-refractivity contribution in [2.45, 2.75) is 44.5 Å². The number of amides is 1. The first kappa shape index (κ1) is 22.1. The lowest BCUT2D eigenvalue weighted by Crippen LogP contribution is -2.16. The van der Waals surface area contributed by atoms with Crippen molar-refractivity contribution >= 4 is 23.2 Å². The number of aromatic nitrogens is 2. The minimum atomic E-state index is -4.69. The summed E-state index contributed by atoms with van der Waals surface area (Å²) in [7, 11) is 1.25. The van der Waals surface area contributed by atoms with Gasteiger partial charge in [-0.1, -0.05) is 11.6 Å². The molecule has 0 unspecified atom stereocenters. The van der Waals surface area contributed by atoms with Crippen molar-refractivity contribution < 1.29 is 36.2 Å². The summed E-state index contributed by atoms with van der Waals surface area (Å²) < 4.78 is 74.4. The van der Waals surface area contributed by atoms with E-state index in [1.165, 1.54) is 25.3 Å². The molecule has 1 saturated carbocycles. The van der Waals surface area contributed by atoms with Crippen LogP contribution in [0.25, 0.3) is 0 Å². The van der Waals surface area contributed by atoms with Gasteiger partial charge in [0.05, 0.1) is 24.4 Å². The number of nitrogens with zero attached hydrogens (tertiary/aromatic N) is 2. The number of rotatable bonds is 8. The van der Waals surface area contributed by atoms with Crippen molar-refractivity contribution in [3.8, 4) is 11.5 Å². The summed E-state index contributed by atoms with van der Waals surface area (Å²) in [5.41, 5.74) is -0.631. The molecule has 1 aromatic carbocycles. The van der Waals surface area contributed by atoms with E-state index in [4.69, 9.17) is 16.3 Å². The largest absolute Gasteiger partial charge is 0.493 e. The molecule has 1 aromatic heterocycles. The van der Waals surface area contributed by atoms with Crippen molar-refractivity contribution in [3.05, 3.63) is 34.6 Å². The number of aryl methyl sites for hydroxylation is 1. The molecule has 164 valence electrons. The van der Waals surface area contributed by atoms with E-state index in [2.05, 4.69) is 15.2 Å². The molecule has 1 aliphatic carbocycles. The SMILES string of the molecule is COc1cc(NC(=O)CCn2nc(C(F)(F)F)c(Cl)c2C2CC2)ccc1OC(F)F. The Kier molecular flexibility index (Phi) is 6.39. The molecule has 0 atom stereocenters. The fraction of sp³-hybridized carbons (Fsp3) is 0.444. The lowest BCUT2D eigenvalue weighted by molar-refractivity contribution is -0.141. The highest BCUT2D eigenvalue weighted by Crippen LogP contribution is 2.47. The molecule has 0 radical (unpaired) electrons. The van der Waals surface area contributed by atoms with Crippen LogP contribution in [0.4, 0.5) is 27.6 Å². The number of methoxy groups -OCH3 is 1. The summed E-state index contributed by atoms with van der Waals surface area (Å²) in [4.78, 5) is 12.2. The molecule has 12 heteroatoms. The highest BCUT2D eigenvalue weighted by molar-refractivity contribution is 6.32. The van der Waals surface area contributed by atoms with Gasteiger partial charge in [0.2, 0.25) is 5.91 Å². The van der Waals surface area contributed by atoms with Crippen molar-refractivity contribution in [1.82, 2.24) is 9.78 Å². The van der Waals surface area contributed by atoms with Gasteiger partial charge in [-0.2, -0.15) is 27.1 Å². The van der Waals surface area contributed by atoms with Crippen LogP contribution in [-0.4, -0.2) is 29.4 Å². The number of hydrogen-bond donors (Lipinski definition) is 1. The molecule has 1 heterocycles. The second-order valence-electron chi connectivity index (χ2n) is 6.59. The standard InChI is InChI=1S/C18H17ClF5N3O3/c1-29-12-8-10(4-5-11(12)30-17(20)21)25-13(28)6-7-27-15(9-2-3-9)14(19)16(26-27)18(22,23)24/h4-5,8-9,17H,2-3,6-7H2,1H3,(H,25,28). The van der Waals surface area contributed by atoms with Crippen molar-refractivity contribution in [2.24, 2.45) is 0 Å². The number of carbonyl (C=O) groups excluding carboxylic acids is 1. The third-order valence-electron chi connectivity index (χ3n) is 4.38. The summed E-state index contributed by atoms with van der Waals surface area (Å²) in [5, 5.41) is 5.66. The second kappa shape index (κ2) is 8.66. The van der Waals surface area contributed by atoms with E-state index >= 15 is 0 Å². The van der Waals surface area contributed by atoms with E-state index in [1.54, 1.807) is 0 Å². The smallest absolute Gasteiger partial charge is 0.436 e. The van der Waals surface area contributed by atoms with E-state index in [1.807, 2.05) is 0 Å². The molecule has 0 bridgehead atoms. The van der Waals surface area contributed by atoms with E-state index in [-0.39, 0.29) is 41.8 Å². The Morgan fingerprint density at radius 1 is 1.33 bits per heavy atom.